The molecule has 7 nitrogen and oxygen atoms in total. The van der Waals surface area contributed by atoms with Crippen LogP contribution in [0.2, 0.25) is 0 Å². The fraction of sp³-hybridized carbons (Fsp3) is 0.250. The summed E-state index contributed by atoms with van der Waals surface area (Å²) in [6.07, 6.45) is 0. The first-order valence-electron chi connectivity index (χ1n) is 6.16. The SMILES string of the molecule is Cc1nnc(SCC(=O)NCc2ccc(S(N)(=O)=O)cc2)s1. The predicted molar refractivity (Wildman–Crippen MR) is 85.0 cm³/mol. The molecule has 10 heteroatoms. The summed E-state index contributed by atoms with van der Waals surface area (Å²) in [6, 6.07) is 6.05. The lowest BCUT2D eigenvalue weighted by atomic mass is 10.2. The average molecular weight is 358 g/mol. The Labute approximate surface area is 136 Å². The predicted octanol–water partition coefficient (Wildman–Crippen LogP) is 0.902. The third-order valence-corrected chi connectivity index (χ3v) is 5.48. The molecule has 22 heavy (non-hydrogen) atoms. The van der Waals surface area contributed by atoms with Crippen LogP contribution in [0, 0.1) is 6.92 Å². The molecule has 0 saturated carbocycles. The minimum atomic E-state index is -3.69. The number of rotatable bonds is 6. The number of primary sulfonamides is 1. The summed E-state index contributed by atoms with van der Waals surface area (Å²) in [5.41, 5.74) is 0.789. The molecular formula is C12H14N4O3S3. The van der Waals surface area contributed by atoms with Gasteiger partial charge in [0.1, 0.15) is 5.01 Å². The van der Waals surface area contributed by atoms with Crippen molar-refractivity contribution in [3.8, 4) is 0 Å². The van der Waals surface area contributed by atoms with E-state index in [1.165, 1.54) is 35.2 Å². The Bertz CT molecular complexity index is 756. The number of nitrogens with one attached hydrogen (secondary N) is 1. The van der Waals surface area contributed by atoms with Gasteiger partial charge in [-0.1, -0.05) is 35.2 Å². The van der Waals surface area contributed by atoms with Gasteiger partial charge in [-0.15, -0.1) is 10.2 Å². The maximum Gasteiger partial charge on any atom is 0.238 e. The van der Waals surface area contributed by atoms with Gasteiger partial charge < -0.3 is 5.32 Å². The minimum absolute atomic E-state index is 0.0461. The normalized spacial score (nSPS) is 11.4. The first-order chi connectivity index (χ1) is 10.3. The molecule has 1 aromatic heterocycles. The van der Waals surface area contributed by atoms with Crippen molar-refractivity contribution >= 4 is 39.0 Å². The highest BCUT2D eigenvalue weighted by molar-refractivity contribution is 8.01. The molecule has 0 aliphatic rings. The van der Waals surface area contributed by atoms with E-state index in [0.29, 0.717) is 6.54 Å². The smallest absolute Gasteiger partial charge is 0.238 e. The zero-order valence-corrected chi connectivity index (χ0v) is 14.1. The van der Waals surface area contributed by atoms with Gasteiger partial charge in [-0.25, -0.2) is 13.6 Å². The van der Waals surface area contributed by atoms with Crippen molar-refractivity contribution in [1.82, 2.24) is 15.5 Å². The lowest BCUT2D eigenvalue weighted by molar-refractivity contribution is -0.118. The quantitative estimate of drug-likeness (QED) is 0.742. The first-order valence-corrected chi connectivity index (χ1v) is 9.51. The number of aromatic nitrogens is 2. The third kappa shape index (κ3) is 5.05. The van der Waals surface area contributed by atoms with Crippen LogP contribution in [-0.2, 0) is 21.4 Å². The number of thioether (sulfide) groups is 1. The summed E-state index contributed by atoms with van der Waals surface area (Å²) in [4.78, 5) is 11.8. The Balaban J connectivity index is 1.81. The number of benzene rings is 1. The Morgan fingerprint density at radius 2 is 2.00 bits per heavy atom. The van der Waals surface area contributed by atoms with Crippen LogP contribution in [0.25, 0.3) is 0 Å². The zero-order chi connectivity index (χ0) is 16.2. The number of hydrogen-bond acceptors (Lipinski definition) is 7. The zero-order valence-electron chi connectivity index (χ0n) is 11.6. The van der Waals surface area contributed by atoms with Crippen molar-refractivity contribution in [1.29, 1.82) is 0 Å². The first kappa shape index (κ1) is 16.9. The number of aryl methyl sites for hydroxylation is 1. The van der Waals surface area contributed by atoms with Gasteiger partial charge in [-0.3, -0.25) is 4.79 Å². The van der Waals surface area contributed by atoms with Gasteiger partial charge in [-0.05, 0) is 24.6 Å². The van der Waals surface area contributed by atoms with Gasteiger partial charge in [0.05, 0.1) is 10.6 Å². The number of nitrogens with two attached hydrogens (primary N) is 1. The molecule has 0 bridgehead atoms. The van der Waals surface area contributed by atoms with Crippen LogP contribution in [0.15, 0.2) is 33.5 Å². The molecule has 1 aromatic carbocycles. The van der Waals surface area contributed by atoms with Gasteiger partial charge in [0.15, 0.2) is 4.34 Å². The van der Waals surface area contributed by atoms with E-state index in [0.717, 1.165) is 14.9 Å². The topological polar surface area (TPSA) is 115 Å². The fourth-order valence-corrected chi connectivity index (χ4v) is 3.67. The molecule has 0 aliphatic heterocycles. The second-order valence-corrected chi connectivity index (χ2v) is 8.31. The molecule has 0 atom stereocenters. The molecule has 0 saturated heterocycles. The van der Waals surface area contributed by atoms with E-state index in [1.807, 2.05) is 6.92 Å². The van der Waals surface area contributed by atoms with E-state index in [9.17, 15) is 13.2 Å². The Hall–Kier alpha value is -1.49. The number of carbonyl (C=O) groups excluding carboxylic acids is 1. The van der Waals surface area contributed by atoms with E-state index in [-0.39, 0.29) is 16.6 Å². The molecule has 0 fully saturated rings. The molecule has 2 aromatic rings. The lowest BCUT2D eigenvalue weighted by Crippen LogP contribution is -2.24. The van der Waals surface area contributed by atoms with Gasteiger partial charge >= 0.3 is 0 Å². The summed E-state index contributed by atoms with van der Waals surface area (Å²) >= 11 is 2.77. The number of nitrogens with zero attached hydrogens (tertiary/aromatic N) is 2. The molecule has 0 radical (unpaired) electrons. The molecule has 0 aliphatic carbocycles. The number of amides is 1. The van der Waals surface area contributed by atoms with Crippen LogP contribution in [0.4, 0.5) is 0 Å². The van der Waals surface area contributed by atoms with Crippen LogP contribution in [0.1, 0.15) is 10.6 Å². The van der Waals surface area contributed by atoms with Crippen molar-refractivity contribution < 1.29 is 13.2 Å². The van der Waals surface area contributed by atoms with Crippen molar-refractivity contribution in [2.45, 2.75) is 22.7 Å². The highest BCUT2D eigenvalue weighted by Crippen LogP contribution is 2.21. The second-order valence-electron chi connectivity index (χ2n) is 4.34. The Kier molecular flexibility index (Phi) is 5.51. The summed E-state index contributed by atoms with van der Waals surface area (Å²) in [5, 5.41) is 16.4. The van der Waals surface area contributed by atoms with Crippen molar-refractivity contribution in [3.63, 3.8) is 0 Å². The van der Waals surface area contributed by atoms with Crippen LogP contribution >= 0.6 is 23.1 Å². The maximum atomic E-state index is 11.7. The summed E-state index contributed by atoms with van der Waals surface area (Å²) in [5.74, 6) is 0.123. The molecule has 0 spiro atoms. The number of sulfonamides is 1. The summed E-state index contributed by atoms with van der Waals surface area (Å²) in [7, 11) is -3.69. The fourth-order valence-electron chi connectivity index (χ4n) is 1.51. The highest BCUT2D eigenvalue weighted by atomic mass is 32.2. The van der Waals surface area contributed by atoms with Gasteiger partial charge in [-0.2, -0.15) is 0 Å². The van der Waals surface area contributed by atoms with E-state index >= 15 is 0 Å². The molecule has 3 N–H and O–H groups in total. The molecule has 118 valence electrons. The van der Waals surface area contributed by atoms with Crippen LogP contribution in [0.5, 0.6) is 0 Å². The highest BCUT2D eigenvalue weighted by Gasteiger charge is 2.08. The van der Waals surface area contributed by atoms with Crippen molar-refractivity contribution in [2.75, 3.05) is 5.75 Å². The summed E-state index contributed by atoms with van der Waals surface area (Å²) < 4.78 is 23.0. The lowest BCUT2D eigenvalue weighted by Gasteiger charge is -2.05. The standard InChI is InChI=1S/C12H14N4O3S3/c1-8-15-16-12(21-8)20-7-11(17)14-6-9-2-4-10(5-3-9)22(13,18)19/h2-5H,6-7H2,1H3,(H,14,17)(H2,13,18,19). The average Bonchev–Trinajstić information content (AvgIpc) is 2.88. The van der Waals surface area contributed by atoms with Crippen molar-refractivity contribution in [3.05, 3.63) is 34.8 Å². The van der Waals surface area contributed by atoms with Crippen LogP contribution in [0.3, 0.4) is 0 Å². The van der Waals surface area contributed by atoms with E-state index in [1.54, 1.807) is 12.1 Å². The molecule has 2 rings (SSSR count). The monoisotopic (exact) mass is 358 g/mol. The molecule has 1 heterocycles. The van der Waals surface area contributed by atoms with E-state index < -0.39 is 10.0 Å². The number of hydrogen-bond donors (Lipinski definition) is 2. The van der Waals surface area contributed by atoms with E-state index in [2.05, 4.69) is 15.5 Å². The van der Waals surface area contributed by atoms with Crippen LogP contribution in [-0.4, -0.2) is 30.3 Å². The van der Waals surface area contributed by atoms with Gasteiger partial charge in [0, 0.05) is 6.54 Å². The van der Waals surface area contributed by atoms with Crippen molar-refractivity contribution in [2.24, 2.45) is 5.14 Å². The molecular weight excluding hydrogens is 344 g/mol. The van der Waals surface area contributed by atoms with Gasteiger partial charge in [0.25, 0.3) is 0 Å². The van der Waals surface area contributed by atoms with E-state index in [4.69, 9.17) is 5.14 Å². The van der Waals surface area contributed by atoms with Gasteiger partial charge in [0.2, 0.25) is 15.9 Å². The Morgan fingerprint density at radius 1 is 1.32 bits per heavy atom. The Morgan fingerprint density at radius 3 is 2.55 bits per heavy atom. The largest absolute Gasteiger partial charge is 0.351 e. The molecule has 0 unspecified atom stereocenters. The summed E-state index contributed by atoms with van der Waals surface area (Å²) in [6.45, 7) is 2.17. The third-order valence-electron chi connectivity index (χ3n) is 2.58. The molecule has 1 amide bonds. The minimum Gasteiger partial charge on any atom is -0.351 e. The number of carbonyl (C=O) groups is 1. The van der Waals surface area contributed by atoms with Crippen LogP contribution < -0.4 is 10.5 Å². The second kappa shape index (κ2) is 7.18. The maximum absolute atomic E-state index is 11.7.